The third-order valence-corrected chi connectivity index (χ3v) is 14.4. The number of aromatic nitrogens is 1. The standard InChI is InChI=1S/C69H47BF10N2O2/c71-66(72,68(75,76)77)44-83-70(84-45-67(73,74)69(78,79)80)82-62(57-40-32-53(33-41-57)49-22-12-4-13-23-49)43-60(55-36-28-51(29-37-55)47-18-8-2-9-19-47)65(82)63(58-24-14-5-15-25-58)64-59(54-34-26-50(27-35-54)46-16-6-1-7-17-46)42-61(81-64)56-38-30-52(31-39-56)48-20-10-3-11-21-48/h1-43H,44-45H2/b64-63-. The van der Waals surface area contributed by atoms with Gasteiger partial charge < -0.3 is 13.8 Å². The molecular formula is C69H47BF10N2O2. The van der Waals surface area contributed by atoms with Gasteiger partial charge in [-0.1, -0.05) is 249 Å². The molecular weight excluding hydrogens is 1090 g/mol. The molecule has 84 heavy (non-hydrogen) atoms. The van der Waals surface area contributed by atoms with E-state index < -0.39 is 44.7 Å². The van der Waals surface area contributed by atoms with Crippen LogP contribution >= 0.6 is 0 Å². The molecule has 0 bridgehead atoms. The van der Waals surface area contributed by atoms with E-state index in [1.54, 1.807) is 84.9 Å². The highest BCUT2D eigenvalue weighted by molar-refractivity contribution is 6.44. The van der Waals surface area contributed by atoms with Crippen LogP contribution in [0.4, 0.5) is 43.9 Å². The van der Waals surface area contributed by atoms with Crippen molar-refractivity contribution in [1.82, 2.24) is 4.48 Å². The maximum absolute atomic E-state index is 15.3. The molecule has 1 aliphatic rings. The zero-order valence-corrected chi connectivity index (χ0v) is 44.3. The Morgan fingerprint density at radius 1 is 0.369 bits per heavy atom. The van der Waals surface area contributed by atoms with E-state index in [1.807, 2.05) is 176 Å². The van der Waals surface area contributed by atoms with Crippen molar-refractivity contribution in [3.63, 3.8) is 0 Å². The van der Waals surface area contributed by atoms with Crippen molar-refractivity contribution in [2.75, 3.05) is 13.2 Å². The molecule has 418 valence electrons. The summed E-state index contributed by atoms with van der Waals surface area (Å²) < 4.78 is 158. The predicted octanol–water partition coefficient (Wildman–Crippen LogP) is 19.1. The fraction of sp³-hybridized carbons (Fsp3) is 0.0870. The SMILES string of the molecule is FC(F)(F)C(F)(F)COB(OCC(F)(F)C(F)(F)F)n1c(-c2ccc(-c3ccccc3)cc2)cc(-c2ccc(-c3ccccc3)cc2)c1/C(=C1\N=C(c2ccc(-c3ccccc3)cc2)C=C1c1ccc(-c2ccccc2)cc1)c1ccccc1. The van der Waals surface area contributed by atoms with Gasteiger partial charge in [-0.05, 0) is 78.9 Å². The van der Waals surface area contributed by atoms with E-state index in [0.717, 1.165) is 43.4 Å². The third-order valence-electron chi connectivity index (χ3n) is 14.4. The van der Waals surface area contributed by atoms with Crippen LogP contribution in [0, 0.1) is 0 Å². The maximum atomic E-state index is 15.3. The van der Waals surface area contributed by atoms with E-state index in [0.29, 0.717) is 39.1 Å². The number of aliphatic imine (C=N–C) groups is 1. The van der Waals surface area contributed by atoms with Gasteiger partial charge in [-0.3, -0.25) is 0 Å². The second-order valence-corrected chi connectivity index (χ2v) is 19.9. The second-order valence-electron chi connectivity index (χ2n) is 19.9. The number of rotatable bonds is 17. The zero-order chi connectivity index (χ0) is 58.6. The topological polar surface area (TPSA) is 35.8 Å². The Hall–Kier alpha value is -9.31. The van der Waals surface area contributed by atoms with Crippen LogP contribution in [0.1, 0.15) is 22.4 Å². The Labute approximate surface area is 478 Å². The van der Waals surface area contributed by atoms with E-state index in [2.05, 4.69) is 0 Å². The summed E-state index contributed by atoms with van der Waals surface area (Å²) >= 11 is 0. The number of hydrogen-bond acceptors (Lipinski definition) is 3. The molecule has 0 atom stereocenters. The van der Waals surface area contributed by atoms with Crippen LogP contribution in [0.5, 0.6) is 0 Å². The number of halogens is 10. The summed E-state index contributed by atoms with van der Waals surface area (Å²) in [7, 11) is -2.85. The van der Waals surface area contributed by atoms with Gasteiger partial charge in [-0.25, -0.2) is 4.99 Å². The predicted molar refractivity (Wildman–Crippen MR) is 312 cm³/mol. The van der Waals surface area contributed by atoms with Crippen LogP contribution in [0.15, 0.2) is 272 Å². The molecule has 0 unspecified atom stereocenters. The summed E-state index contributed by atoms with van der Waals surface area (Å²) in [4.78, 5) is 5.37. The number of allylic oxidation sites excluding steroid dienone is 2. The molecule has 0 fully saturated rings. The second kappa shape index (κ2) is 23.5. The van der Waals surface area contributed by atoms with Crippen LogP contribution in [0.2, 0.25) is 0 Å². The molecule has 0 saturated heterocycles. The van der Waals surface area contributed by atoms with Gasteiger partial charge in [0.15, 0.2) is 0 Å². The van der Waals surface area contributed by atoms with E-state index in [1.165, 1.54) is 0 Å². The third kappa shape index (κ3) is 12.0. The normalized spacial score (nSPS) is 13.6. The highest BCUT2D eigenvalue weighted by atomic mass is 19.4. The molecule has 0 saturated carbocycles. The van der Waals surface area contributed by atoms with Gasteiger partial charge in [0.2, 0.25) is 0 Å². The fourth-order valence-electron chi connectivity index (χ4n) is 9.99. The Bertz CT molecular complexity index is 3950. The van der Waals surface area contributed by atoms with Crippen molar-refractivity contribution in [2.45, 2.75) is 24.2 Å². The van der Waals surface area contributed by atoms with E-state index in [9.17, 15) is 26.3 Å². The molecule has 1 aliphatic heterocycles. The largest absolute Gasteiger partial charge is 0.598 e. The van der Waals surface area contributed by atoms with E-state index in [4.69, 9.17) is 14.3 Å². The van der Waals surface area contributed by atoms with Crippen LogP contribution in [0.3, 0.4) is 0 Å². The highest BCUT2D eigenvalue weighted by Gasteiger charge is 2.60. The summed E-state index contributed by atoms with van der Waals surface area (Å²) in [5.41, 5.74) is 10.2. The lowest BCUT2D eigenvalue weighted by atomic mass is 9.89. The van der Waals surface area contributed by atoms with Gasteiger partial charge >= 0.3 is 31.5 Å². The molecule has 1 aromatic heterocycles. The Kier molecular flexibility index (Phi) is 15.8. The molecule has 2 heterocycles. The lowest BCUT2D eigenvalue weighted by Crippen LogP contribution is -2.48. The van der Waals surface area contributed by atoms with Crippen LogP contribution in [0.25, 0.3) is 78.0 Å². The first-order chi connectivity index (χ1) is 40.4. The minimum Gasteiger partial charge on any atom is -0.385 e. The van der Waals surface area contributed by atoms with Crippen LogP contribution in [-0.4, -0.2) is 54.9 Å². The Morgan fingerprint density at radius 3 is 1.07 bits per heavy atom. The first-order valence-electron chi connectivity index (χ1n) is 26.5. The minimum absolute atomic E-state index is 0.0899. The summed E-state index contributed by atoms with van der Waals surface area (Å²) in [6, 6.07) is 76.8. The van der Waals surface area contributed by atoms with E-state index in [-0.39, 0.29) is 33.8 Å². The monoisotopic (exact) mass is 1140 g/mol. The van der Waals surface area contributed by atoms with Crippen molar-refractivity contribution in [3.8, 4) is 66.9 Å². The molecule has 0 radical (unpaired) electrons. The van der Waals surface area contributed by atoms with Gasteiger partial charge in [0, 0.05) is 28.0 Å². The lowest BCUT2D eigenvalue weighted by Gasteiger charge is -2.28. The van der Waals surface area contributed by atoms with Gasteiger partial charge in [0.05, 0.1) is 17.1 Å². The molecule has 0 amide bonds. The molecule has 4 nitrogen and oxygen atoms in total. The van der Waals surface area contributed by atoms with Crippen LogP contribution in [-0.2, 0) is 9.31 Å². The van der Waals surface area contributed by atoms with Gasteiger partial charge in [-0.2, -0.15) is 43.9 Å². The van der Waals surface area contributed by atoms with Crippen molar-refractivity contribution in [1.29, 1.82) is 0 Å². The van der Waals surface area contributed by atoms with Gasteiger partial charge in [0.25, 0.3) is 0 Å². The quantitative estimate of drug-likeness (QED) is 0.0673. The molecule has 0 N–H and O–H groups in total. The molecule has 0 spiro atoms. The average molecular weight is 1140 g/mol. The first kappa shape index (κ1) is 56.6. The minimum atomic E-state index is -6.25. The molecule has 11 rings (SSSR count). The fourth-order valence-corrected chi connectivity index (χ4v) is 9.99. The number of hydrogen-bond donors (Lipinski definition) is 0. The smallest absolute Gasteiger partial charge is 0.385 e. The van der Waals surface area contributed by atoms with Crippen molar-refractivity contribution < 1.29 is 53.2 Å². The molecule has 15 heteroatoms. The summed E-state index contributed by atoms with van der Waals surface area (Å²) in [5, 5.41) is 0. The molecule has 10 aromatic rings. The molecule has 0 aliphatic carbocycles. The first-order valence-corrected chi connectivity index (χ1v) is 26.5. The van der Waals surface area contributed by atoms with Gasteiger partial charge in [-0.15, -0.1) is 0 Å². The maximum Gasteiger partial charge on any atom is 0.598 e. The van der Waals surface area contributed by atoms with Gasteiger partial charge in [0.1, 0.15) is 13.2 Å². The van der Waals surface area contributed by atoms with Crippen molar-refractivity contribution in [2.24, 2.45) is 4.99 Å². The highest BCUT2D eigenvalue weighted by Crippen LogP contribution is 2.47. The number of benzene rings is 9. The Balaban J connectivity index is 1.24. The van der Waals surface area contributed by atoms with Crippen LogP contribution < -0.4 is 0 Å². The summed E-state index contributed by atoms with van der Waals surface area (Å²) in [5.74, 6) is -11.3. The van der Waals surface area contributed by atoms with Crippen molar-refractivity contribution >= 4 is 24.1 Å². The Morgan fingerprint density at radius 2 is 0.690 bits per heavy atom. The van der Waals surface area contributed by atoms with E-state index >= 15 is 17.6 Å². The number of nitrogens with zero attached hydrogens (tertiary/aromatic N) is 2. The summed E-state index contributed by atoms with van der Waals surface area (Å²) in [6.45, 7) is -5.11. The average Bonchev–Trinajstić information content (AvgIpc) is 4.35. The summed E-state index contributed by atoms with van der Waals surface area (Å²) in [6.07, 6.45) is -10.7. The zero-order valence-electron chi connectivity index (χ0n) is 44.3. The lowest BCUT2D eigenvalue weighted by molar-refractivity contribution is -0.295. The van der Waals surface area contributed by atoms with Crippen molar-refractivity contribution in [3.05, 3.63) is 289 Å². The molecule has 9 aromatic carbocycles. The number of alkyl halides is 10.